The van der Waals surface area contributed by atoms with E-state index >= 15 is 0 Å². The van der Waals surface area contributed by atoms with Gasteiger partial charge in [-0.1, -0.05) is 6.07 Å². The van der Waals surface area contributed by atoms with E-state index in [1.54, 1.807) is 54.3 Å². The SMILES string of the molecule is COc1ccc(N(CCC(=O)NCCCc2cnn(C)c2)S(=O)(=O)c2ccc(C)c(C)c2)cc1. The summed E-state index contributed by atoms with van der Waals surface area (Å²) in [6.07, 6.45) is 5.40. The zero-order valence-corrected chi connectivity index (χ0v) is 20.9. The minimum atomic E-state index is -3.86. The normalized spacial score (nSPS) is 11.3. The van der Waals surface area contributed by atoms with Crippen molar-refractivity contribution in [2.24, 2.45) is 7.05 Å². The summed E-state index contributed by atoms with van der Waals surface area (Å²) in [6.45, 7) is 4.35. The van der Waals surface area contributed by atoms with Crippen LogP contribution >= 0.6 is 0 Å². The summed E-state index contributed by atoms with van der Waals surface area (Å²) in [4.78, 5) is 12.7. The van der Waals surface area contributed by atoms with E-state index in [1.807, 2.05) is 33.3 Å². The lowest BCUT2D eigenvalue weighted by Gasteiger charge is -2.25. The summed E-state index contributed by atoms with van der Waals surface area (Å²) in [7, 11) is -0.445. The second-order valence-corrected chi connectivity index (χ2v) is 10.1. The molecule has 8 nitrogen and oxygen atoms in total. The minimum Gasteiger partial charge on any atom is -0.497 e. The van der Waals surface area contributed by atoms with Gasteiger partial charge >= 0.3 is 0 Å². The molecule has 34 heavy (non-hydrogen) atoms. The van der Waals surface area contributed by atoms with E-state index in [9.17, 15) is 13.2 Å². The van der Waals surface area contributed by atoms with Gasteiger partial charge in [0.1, 0.15) is 5.75 Å². The molecule has 0 spiro atoms. The van der Waals surface area contributed by atoms with Gasteiger partial charge in [0, 0.05) is 32.8 Å². The van der Waals surface area contributed by atoms with Crippen molar-refractivity contribution in [3.63, 3.8) is 0 Å². The molecular formula is C25H32N4O4S. The van der Waals surface area contributed by atoms with Gasteiger partial charge < -0.3 is 10.1 Å². The molecule has 0 atom stereocenters. The predicted molar refractivity (Wildman–Crippen MR) is 133 cm³/mol. The zero-order valence-electron chi connectivity index (χ0n) is 20.1. The van der Waals surface area contributed by atoms with Crippen LogP contribution in [0.3, 0.4) is 0 Å². The Hall–Kier alpha value is -3.33. The number of anilines is 1. The van der Waals surface area contributed by atoms with Crippen LogP contribution in [0.1, 0.15) is 29.5 Å². The molecule has 0 unspecified atom stereocenters. The average Bonchev–Trinajstić information content (AvgIpc) is 3.23. The third-order valence-electron chi connectivity index (χ3n) is 5.69. The number of benzene rings is 2. The van der Waals surface area contributed by atoms with Gasteiger partial charge in [-0.15, -0.1) is 0 Å². The number of rotatable bonds is 11. The van der Waals surface area contributed by atoms with Gasteiger partial charge in [-0.3, -0.25) is 13.8 Å². The average molecular weight is 485 g/mol. The topological polar surface area (TPSA) is 93.5 Å². The molecule has 0 radical (unpaired) electrons. The molecule has 3 rings (SSSR count). The minimum absolute atomic E-state index is 0.0238. The number of methoxy groups -OCH3 is 1. The number of aromatic nitrogens is 2. The quantitative estimate of drug-likeness (QED) is 0.421. The Morgan fingerprint density at radius 1 is 1.12 bits per heavy atom. The van der Waals surface area contributed by atoms with E-state index in [2.05, 4.69) is 10.4 Å². The number of carbonyl (C=O) groups excluding carboxylic acids is 1. The lowest BCUT2D eigenvalue weighted by Crippen LogP contribution is -2.35. The van der Waals surface area contributed by atoms with E-state index in [0.717, 1.165) is 29.5 Å². The van der Waals surface area contributed by atoms with Gasteiger partial charge in [0.25, 0.3) is 10.0 Å². The molecule has 0 fully saturated rings. The van der Waals surface area contributed by atoms with E-state index in [1.165, 1.54) is 4.31 Å². The summed E-state index contributed by atoms with van der Waals surface area (Å²) in [5.74, 6) is 0.429. The Kier molecular flexibility index (Phi) is 8.33. The molecule has 9 heteroatoms. The summed E-state index contributed by atoms with van der Waals surface area (Å²) >= 11 is 0. The molecule has 1 amide bonds. The van der Waals surface area contributed by atoms with Crippen molar-refractivity contribution < 1.29 is 17.9 Å². The van der Waals surface area contributed by atoms with E-state index in [4.69, 9.17) is 4.74 Å². The number of hydrogen-bond acceptors (Lipinski definition) is 5. The highest BCUT2D eigenvalue weighted by Gasteiger charge is 2.26. The van der Waals surface area contributed by atoms with E-state index in [0.29, 0.717) is 18.0 Å². The molecule has 0 bridgehead atoms. The number of carbonyl (C=O) groups is 1. The molecule has 2 aromatic carbocycles. The van der Waals surface area contributed by atoms with Crippen LogP contribution in [-0.4, -0.2) is 44.3 Å². The van der Waals surface area contributed by atoms with Crippen molar-refractivity contribution in [2.45, 2.75) is 38.0 Å². The zero-order chi connectivity index (χ0) is 24.7. The number of sulfonamides is 1. The molecule has 0 aliphatic heterocycles. The second kappa shape index (κ2) is 11.2. The Bertz CT molecular complexity index is 1220. The van der Waals surface area contributed by atoms with Crippen molar-refractivity contribution >= 4 is 21.6 Å². The molecule has 0 aliphatic rings. The molecule has 0 saturated heterocycles. The maximum absolute atomic E-state index is 13.5. The highest BCUT2D eigenvalue weighted by atomic mass is 32.2. The van der Waals surface area contributed by atoms with Crippen LogP contribution < -0.4 is 14.4 Å². The third-order valence-corrected chi connectivity index (χ3v) is 7.51. The molecule has 3 aromatic rings. The summed E-state index contributed by atoms with van der Waals surface area (Å²) < 4.78 is 35.3. The lowest BCUT2D eigenvalue weighted by atomic mass is 10.1. The fourth-order valence-corrected chi connectivity index (χ4v) is 5.10. The fourth-order valence-electron chi connectivity index (χ4n) is 3.55. The monoisotopic (exact) mass is 484 g/mol. The first kappa shape index (κ1) is 25.3. The van der Waals surface area contributed by atoms with Crippen LogP contribution in [-0.2, 0) is 28.3 Å². The van der Waals surface area contributed by atoms with Crippen molar-refractivity contribution in [3.8, 4) is 5.75 Å². The molecule has 182 valence electrons. The van der Waals surface area contributed by atoms with Crippen LogP contribution in [0, 0.1) is 13.8 Å². The molecule has 1 aromatic heterocycles. The highest BCUT2D eigenvalue weighted by molar-refractivity contribution is 7.92. The lowest BCUT2D eigenvalue weighted by molar-refractivity contribution is -0.120. The first-order valence-electron chi connectivity index (χ1n) is 11.2. The van der Waals surface area contributed by atoms with Gasteiger partial charge in [0.15, 0.2) is 0 Å². The van der Waals surface area contributed by atoms with Crippen LogP contribution in [0.25, 0.3) is 0 Å². The smallest absolute Gasteiger partial charge is 0.264 e. The van der Waals surface area contributed by atoms with Crippen molar-refractivity contribution in [1.29, 1.82) is 0 Å². The number of aryl methyl sites for hydroxylation is 4. The first-order chi connectivity index (χ1) is 16.2. The van der Waals surface area contributed by atoms with Gasteiger partial charge in [-0.2, -0.15) is 5.10 Å². The fraction of sp³-hybridized carbons (Fsp3) is 0.360. The summed E-state index contributed by atoms with van der Waals surface area (Å²) in [6, 6.07) is 11.8. The largest absolute Gasteiger partial charge is 0.497 e. The predicted octanol–water partition coefficient (Wildman–Crippen LogP) is 3.38. The van der Waals surface area contributed by atoms with Crippen LogP contribution in [0.15, 0.2) is 59.8 Å². The summed E-state index contributed by atoms with van der Waals surface area (Å²) in [5, 5.41) is 7.02. The number of amides is 1. The molecular weight excluding hydrogens is 452 g/mol. The molecule has 1 heterocycles. The number of nitrogens with one attached hydrogen (secondary N) is 1. The molecule has 0 aliphatic carbocycles. The van der Waals surface area contributed by atoms with Gasteiger partial charge in [-0.05, 0) is 79.8 Å². The van der Waals surface area contributed by atoms with Crippen molar-refractivity contribution in [2.75, 3.05) is 24.5 Å². The van der Waals surface area contributed by atoms with Gasteiger partial charge in [-0.25, -0.2) is 8.42 Å². The number of ether oxygens (including phenoxy) is 1. The Balaban J connectivity index is 1.69. The van der Waals surface area contributed by atoms with Crippen LogP contribution in [0.4, 0.5) is 5.69 Å². The second-order valence-electron chi connectivity index (χ2n) is 8.25. The van der Waals surface area contributed by atoms with E-state index in [-0.39, 0.29) is 23.8 Å². The van der Waals surface area contributed by atoms with Crippen molar-refractivity contribution in [1.82, 2.24) is 15.1 Å². The maximum Gasteiger partial charge on any atom is 0.264 e. The molecule has 1 N–H and O–H groups in total. The van der Waals surface area contributed by atoms with Gasteiger partial charge in [0.05, 0.1) is 23.9 Å². The Labute approximate surface area is 201 Å². The first-order valence-corrected chi connectivity index (χ1v) is 12.6. The standard InChI is InChI=1S/C25H32N4O4S/c1-19-7-12-24(16-20(19)2)34(31,32)29(22-8-10-23(33-4)11-9-22)15-13-25(30)26-14-5-6-21-17-27-28(3)18-21/h7-12,16-18H,5-6,13-15H2,1-4H3,(H,26,30). The van der Waals surface area contributed by atoms with Crippen LogP contribution in [0.5, 0.6) is 5.75 Å². The highest BCUT2D eigenvalue weighted by Crippen LogP contribution is 2.27. The maximum atomic E-state index is 13.5. The van der Waals surface area contributed by atoms with E-state index < -0.39 is 10.0 Å². The summed E-state index contributed by atoms with van der Waals surface area (Å²) in [5.41, 5.74) is 3.49. The van der Waals surface area contributed by atoms with Crippen molar-refractivity contribution in [3.05, 3.63) is 71.5 Å². The van der Waals surface area contributed by atoms with Gasteiger partial charge in [0.2, 0.25) is 5.91 Å². The van der Waals surface area contributed by atoms with Crippen LogP contribution in [0.2, 0.25) is 0 Å². The third kappa shape index (κ3) is 6.38. The number of nitrogens with zero attached hydrogens (tertiary/aromatic N) is 3. The Morgan fingerprint density at radius 2 is 1.85 bits per heavy atom. The molecule has 0 saturated carbocycles. The Morgan fingerprint density at radius 3 is 2.47 bits per heavy atom. The number of hydrogen-bond donors (Lipinski definition) is 1.